The van der Waals surface area contributed by atoms with Crippen molar-refractivity contribution in [2.75, 3.05) is 0 Å². The van der Waals surface area contributed by atoms with E-state index in [2.05, 4.69) is 115 Å². The van der Waals surface area contributed by atoms with Crippen molar-refractivity contribution in [3.05, 3.63) is 200 Å². The number of rotatable bonds is 7. The first-order chi connectivity index (χ1) is 28.2. The molecule has 5 heteroatoms. The molecule has 8 aromatic carbocycles. The van der Waals surface area contributed by atoms with E-state index in [1.165, 1.54) is 0 Å². The van der Waals surface area contributed by atoms with Gasteiger partial charge in [-0.2, -0.15) is 5.26 Å². The zero-order valence-corrected chi connectivity index (χ0v) is 30.7. The third kappa shape index (κ3) is 6.52. The predicted molar refractivity (Wildman–Crippen MR) is 230 cm³/mol. The molecular weight excluding hydrogens is 697 g/mol. The van der Waals surface area contributed by atoms with E-state index in [1.807, 2.05) is 84.9 Å². The third-order valence-corrected chi connectivity index (χ3v) is 10.3. The highest BCUT2D eigenvalue weighted by Gasteiger charge is 2.18. The summed E-state index contributed by atoms with van der Waals surface area (Å²) in [4.78, 5) is 15.4. The molecule has 0 amide bonds. The third-order valence-electron chi connectivity index (χ3n) is 10.3. The highest BCUT2D eigenvalue weighted by molar-refractivity contribution is 6.13. The molecule has 0 aliphatic rings. The van der Waals surface area contributed by atoms with Crippen molar-refractivity contribution in [1.29, 1.82) is 5.26 Å². The van der Waals surface area contributed by atoms with Gasteiger partial charge in [-0.15, -0.1) is 0 Å². The van der Waals surface area contributed by atoms with Gasteiger partial charge in [0.1, 0.15) is 11.2 Å². The van der Waals surface area contributed by atoms with Gasteiger partial charge in [-0.3, -0.25) is 0 Å². The van der Waals surface area contributed by atoms with Crippen molar-refractivity contribution in [2.24, 2.45) is 0 Å². The molecule has 0 atom stereocenters. The second-order valence-electron chi connectivity index (χ2n) is 14.0. The Kier molecular flexibility index (Phi) is 8.48. The molecular formula is C52H32N4O. The monoisotopic (exact) mass is 728 g/mol. The number of nitrogens with zero attached hydrogens (tertiary/aromatic N) is 4. The SMILES string of the molecule is N#Cc1cccc(-c2ccc(-c3nc(-c4cc(-c5ccccc5)cc(-c5ccccc5)c4)nc(-c4ccc5c(c4)oc4cccc(-c6ccccc6)c45)n3)cc2)c1. The van der Waals surface area contributed by atoms with Crippen molar-refractivity contribution >= 4 is 21.9 Å². The van der Waals surface area contributed by atoms with Gasteiger partial charge in [-0.1, -0.05) is 146 Å². The molecule has 0 aliphatic carbocycles. The molecule has 57 heavy (non-hydrogen) atoms. The van der Waals surface area contributed by atoms with Gasteiger partial charge in [0, 0.05) is 27.5 Å². The topological polar surface area (TPSA) is 75.6 Å². The lowest BCUT2D eigenvalue weighted by molar-refractivity contribution is 0.669. The lowest BCUT2D eigenvalue weighted by atomic mass is 9.96. The van der Waals surface area contributed by atoms with Crippen LogP contribution in [0.1, 0.15) is 5.56 Å². The fourth-order valence-electron chi connectivity index (χ4n) is 7.52. The number of aromatic nitrogens is 3. The first kappa shape index (κ1) is 33.6. The molecule has 10 rings (SSSR count). The first-order valence-corrected chi connectivity index (χ1v) is 18.8. The van der Waals surface area contributed by atoms with Crippen LogP contribution in [0, 0.1) is 11.3 Å². The number of furan rings is 1. The molecule has 5 nitrogen and oxygen atoms in total. The van der Waals surface area contributed by atoms with E-state index in [1.54, 1.807) is 0 Å². The number of nitriles is 1. The van der Waals surface area contributed by atoms with Crippen LogP contribution in [0.5, 0.6) is 0 Å². The molecule has 0 saturated heterocycles. The van der Waals surface area contributed by atoms with Crippen LogP contribution >= 0.6 is 0 Å². The van der Waals surface area contributed by atoms with Gasteiger partial charge >= 0.3 is 0 Å². The average Bonchev–Trinajstić information content (AvgIpc) is 3.68. The van der Waals surface area contributed by atoms with E-state index in [0.717, 1.165) is 83.1 Å². The van der Waals surface area contributed by atoms with Crippen molar-refractivity contribution in [3.63, 3.8) is 0 Å². The van der Waals surface area contributed by atoms with Crippen molar-refractivity contribution < 1.29 is 4.42 Å². The fraction of sp³-hybridized carbons (Fsp3) is 0. The molecule has 0 radical (unpaired) electrons. The summed E-state index contributed by atoms with van der Waals surface area (Å²) >= 11 is 0. The summed E-state index contributed by atoms with van der Waals surface area (Å²) in [6.45, 7) is 0. The van der Waals surface area contributed by atoms with Gasteiger partial charge in [0.05, 0.1) is 11.6 Å². The minimum absolute atomic E-state index is 0.540. The quantitative estimate of drug-likeness (QED) is 0.163. The second-order valence-corrected chi connectivity index (χ2v) is 14.0. The summed E-state index contributed by atoms with van der Waals surface area (Å²) in [5.41, 5.74) is 13.3. The Labute approximate surface area is 329 Å². The summed E-state index contributed by atoms with van der Waals surface area (Å²) < 4.78 is 6.52. The highest BCUT2D eigenvalue weighted by atomic mass is 16.3. The average molecular weight is 729 g/mol. The van der Waals surface area contributed by atoms with Crippen LogP contribution in [-0.2, 0) is 0 Å². The first-order valence-electron chi connectivity index (χ1n) is 18.8. The molecule has 0 fully saturated rings. The Balaban J connectivity index is 1.15. The number of hydrogen-bond acceptors (Lipinski definition) is 5. The van der Waals surface area contributed by atoms with Gasteiger partial charge in [0.25, 0.3) is 0 Å². The largest absolute Gasteiger partial charge is 0.456 e. The fourth-order valence-corrected chi connectivity index (χ4v) is 7.52. The maximum Gasteiger partial charge on any atom is 0.164 e. The summed E-state index contributed by atoms with van der Waals surface area (Å²) in [7, 11) is 0. The maximum atomic E-state index is 9.48. The summed E-state index contributed by atoms with van der Waals surface area (Å²) in [6.07, 6.45) is 0. The van der Waals surface area contributed by atoms with E-state index in [-0.39, 0.29) is 0 Å². The molecule has 0 aliphatic heterocycles. The van der Waals surface area contributed by atoms with E-state index < -0.39 is 0 Å². The molecule has 266 valence electrons. The van der Waals surface area contributed by atoms with Crippen LogP contribution in [0.3, 0.4) is 0 Å². The molecule has 0 bridgehead atoms. The summed E-state index contributed by atoms with van der Waals surface area (Å²) in [5.74, 6) is 1.65. The van der Waals surface area contributed by atoms with Crippen LogP contribution in [0.4, 0.5) is 0 Å². The number of hydrogen-bond donors (Lipinski definition) is 0. The van der Waals surface area contributed by atoms with Crippen LogP contribution in [0.15, 0.2) is 199 Å². The van der Waals surface area contributed by atoms with Gasteiger partial charge in [0.2, 0.25) is 0 Å². The van der Waals surface area contributed by atoms with Crippen LogP contribution in [0.2, 0.25) is 0 Å². The molecule has 0 unspecified atom stereocenters. The molecule has 2 aromatic heterocycles. The van der Waals surface area contributed by atoms with Gasteiger partial charge in [-0.25, -0.2) is 15.0 Å². The lowest BCUT2D eigenvalue weighted by Crippen LogP contribution is -2.00. The standard InChI is InChI=1S/C52H32N4O/c53-33-34-12-10-19-40(28-34)37-22-24-39(25-23-37)50-54-51(41-26-27-46-48(32-41)57-47-21-11-20-45(49(46)47)38-17-8-3-9-18-38)56-52(55-50)44-30-42(35-13-4-1-5-14-35)29-43(31-44)36-15-6-2-7-16-36/h1-32H. The zero-order chi connectivity index (χ0) is 38.1. The Bertz CT molecular complexity index is 3050. The predicted octanol–water partition coefficient (Wildman–Crippen LogP) is 13.3. The molecule has 0 N–H and O–H groups in total. The van der Waals surface area contributed by atoms with Crippen molar-refractivity contribution in [3.8, 4) is 84.7 Å². The zero-order valence-electron chi connectivity index (χ0n) is 30.7. The van der Waals surface area contributed by atoms with Crippen molar-refractivity contribution in [1.82, 2.24) is 15.0 Å². The minimum atomic E-state index is 0.540. The van der Waals surface area contributed by atoms with E-state index >= 15 is 0 Å². The van der Waals surface area contributed by atoms with E-state index in [0.29, 0.717) is 23.0 Å². The summed E-state index contributed by atoms with van der Waals surface area (Å²) in [5, 5.41) is 11.6. The van der Waals surface area contributed by atoms with Gasteiger partial charge in [0.15, 0.2) is 17.5 Å². The number of fused-ring (bicyclic) bond motifs is 3. The lowest BCUT2D eigenvalue weighted by Gasteiger charge is -2.13. The Morgan fingerprint density at radius 1 is 0.351 bits per heavy atom. The Morgan fingerprint density at radius 2 is 0.860 bits per heavy atom. The Morgan fingerprint density at radius 3 is 1.51 bits per heavy atom. The molecule has 2 heterocycles. The van der Waals surface area contributed by atoms with Crippen LogP contribution in [-0.4, -0.2) is 15.0 Å². The van der Waals surface area contributed by atoms with Gasteiger partial charge < -0.3 is 4.42 Å². The van der Waals surface area contributed by atoms with Crippen molar-refractivity contribution in [2.45, 2.75) is 0 Å². The van der Waals surface area contributed by atoms with Crippen LogP contribution in [0.25, 0.3) is 101 Å². The smallest absolute Gasteiger partial charge is 0.164 e. The molecule has 0 saturated carbocycles. The Hall–Kier alpha value is -7.94. The molecule has 0 spiro atoms. The second kappa shape index (κ2) is 14.4. The molecule has 10 aromatic rings. The van der Waals surface area contributed by atoms with E-state index in [9.17, 15) is 5.26 Å². The van der Waals surface area contributed by atoms with E-state index in [4.69, 9.17) is 19.4 Å². The van der Waals surface area contributed by atoms with Gasteiger partial charge in [-0.05, 0) is 93.0 Å². The van der Waals surface area contributed by atoms with Crippen LogP contribution < -0.4 is 0 Å². The summed E-state index contributed by atoms with van der Waals surface area (Å²) in [6, 6.07) is 68.1. The highest BCUT2D eigenvalue weighted by Crippen LogP contribution is 2.39. The normalized spacial score (nSPS) is 11.1. The number of benzene rings is 8. The minimum Gasteiger partial charge on any atom is -0.456 e. The maximum absolute atomic E-state index is 9.48.